The third-order valence-electron chi connectivity index (χ3n) is 3.01. The van der Waals surface area contributed by atoms with Crippen molar-refractivity contribution in [2.24, 2.45) is 5.84 Å². The van der Waals surface area contributed by atoms with E-state index in [1.807, 2.05) is 32.0 Å². The van der Waals surface area contributed by atoms with Crippen LogP contribution in [0, 0.1) is 13.8 Å². The van der Waals surface area contributed by atoms with E-state index in [1.165, 1.54) is 0 Å². The fourth-order valence-electron chi connectivity index (χ4n) is 1.93. The molecule has 20 heavy (non-hydrogen) atoms. The third-order valence-corrected chi connectivity index (χ3v) is 3.34. The second kappa shape index (κ2) is 5.94. The Morgan fingerprint density at radius 1 is 1.15 bits per heavy atom. The van der Waals surface area contributed by atoms with E-state index in [1.54, 1.807) is 18.2 Å². The van der Waals surface area contributed by atoms with Gasteiger partial charge in [-0.25, -0.2) is 0 Å². The number of rotatable bonds is 3. The molecular weight excluding hydrogens is 274 g/mol. The Labute approximate surface area is 122 Å². The first-order valence-electron chi connectivity index (χ1n) is 6.16. The number of hydrogen-bond acceptors (Lipinski definition) is 3. The van der Waals surface area contributed by atoms with E-state index in [0.29, 0.717) is 16.3 Å². The summed E-state index contributed by atoms with van der Waals surface area (Å²) in [4.78, 5) is 12.3. The Balaban J connectivity index is 2.26. The zero-order chi connectivity index (χ0) is 14.7. The van der Waals surface area contributed by atoms with E-state index >= 15 is 0 Å². The highest BCUT2D eigenvalue weighted by atomic mass is 35.5. The normalized spacial score (nSPS) is 10.2. The van der Waals surface area contributed by atoms with Crippen molar-refractivity contribution in [3.05, 3.63) is 58.1 Å². The lowest BCUT2D eigenvalue weighted by molar-refractivity contribution is 0.102. The smallest absolute Gasteiger partial charge is 0.255 e. The van der Waals surface area contributed by atoms with Gasteiger partial charge in [-0.3, -0.25) is 10.6 Å². The average molecular weight is 290 g/mol. The lowest BCUT2D eigenvalue weighted by Crippen LogP contribution is -2.14. The standard InChI is InChI=1S/C15H16ClN3O/c1-9-3-6-13(16)14(7-9)18-15(20)12-5-4-11(19-17)8-10(12)2/h3-8,19H,17H2,1-2H3,(H,18,20). The van der Waals surface area contributed by atoms with Gasteiger partial charge in [0, 0.05) is 11.3 Å². The number of hydrazine groups is 1. The molecule has 0 bridgehead atoms. The Morgan fingerprint density at radius 3 is 2.55 bits per heavy atom. The minimum atomic E-state index is -0.196. The lowest BCUT2D eigenvalue weighted by atomic mass is 10.1. The summed E-state index contributed by atoms with van der Waals surface area (Å²) in [5, 5.41) is 3.34. The number of carbonyl (C=O) groups is 1. The number of anilines is 2. The molecule has 4 nitrogen and oxygen atoms in total. The molecule has 0 heterocycles. The molecular formula is C15H16ClN3O. The van der Waals surface area contributed by atoms with Gasteiger partial charge in [0.1, 0.15) is 0 Å². The number of amides is 1. The van der Waals surface area contributed by atoms with Crippen LogP contribution in [0.4, 0.5) is 11.4 Å². The van der Waals surface area contributed by atoms with Gasteiger partial charge in [0.2, 0.25) is 0 Å². The number of aryl methyl sites for hydroxylation is 2. The van der Waals surface area contributed by atoms with Gasteiger partial charge in [0.15, 0.2) is 0 Å². The molecule has 0 fully saturated rings. The van der Waals surface area contributed by atoms with Crippen molar-refractivity contribution in [1.82, 2.24) is 0 Å². The van der Waals surface area contributed by atoms with Gasteiger partial charge in [-0.15, -0.1) is 0 Å². The number of nitrogens with one attached hydrogen (secondary N) is 2. The van der Waals surface area contributed by atoms with E-state index in [4.69, 9.17) is 17.4 Å². The van der Waals surface area contributed by atoms with Crippen molar-refractivity contribution in [3.8, 4) is 0 Å². The molecule has 0 spiro atoms. The molecule has 0 aliphatic carbocycles. The minimum absolute atomic E-state index is 0.196. The zero-order valence-corrected chi connectivity index (χ0v) is 12.1. The molecule has 104 valence electrons. The number of halogens is 1. The van der Waals surface area contributed by atoms with Crippen LogP contribution < -0.4 is 16.6 Å². The largest absolute Gasteiger partial charge is 0.324 e. The molecule has 0 aliphatic heterocycles. The van der Waals surface area contributed by atoms with Crippen LogP contribution in [0.1, 0.15) is 21.5 Å². The van der Waals surface area contributed by atoms with Crippen molar-refractivity contribution in [1.29, 1.82) is 0 Å². The van der Waals surface area contributed by atoms with Crippen LogP contribution in [-0.2, 0) is 0 Å². The van der Waals surface area contributed by atoms with E-state index in [-0.39, 0.29) is 5.91 Å². The third kappa shape index (κ3) is 3.10. The summed E-state index contributed by atoms with van der Waals surface area (Å²) in [5.74, 6) is 5.14. The molecule has 0 saturated heterocycles. The maximum Gasteiger partial charge on any atom is 0.255 e. The van der Waals surface area contributed by atoms with Crippen molar-refractivity contribution >= 4 is 28.9 Å². The van der Waals surface area contributed by atoms with Gasteiger partial charge in [-0.1, -0.05) is 17.7 Å². The van der Waals surface area contributed by atoms with Gasteiger partial charge in [0.05, 0.1) is 10.7 Å². The second-order valence-corrected chi connectivity index (χ2v) is 5.02. The lowest BCUT2D eigenvalue weighted by Gasteiger charge is -2.11. The van der Waals surface area contributed by atoms with E-state index in [0.717, 1.165) is 16.8 Å². The molecule has 0 unspecified atom stereocenters. The SMILES string of the molecule is Cc1ccc(Cl)c(NC(=O)c2ccc(NN)cc2C)c1. The Kier molecular flexibility index (Phi) is 4.27. The van der Waals surface area contributed by atoms with E-state index < -0.39 is 0 Å². The van der Waals surface area contributed by atoms with E-state index in [2.05, 4.69) is 10.7 Å². The molecule has 0 aromatic heterocycles. The number of hydrogen-bond donors (Lipinski definition) is 3. The van der Waals surface area contributed by atoms with Crippen LogP contribution in [0.25, 0.3) is 0 Å². The van der Waals surface area contributed by atoms with Gasteiger partial charge in [-0.2, -0.15) is 0 Å². The first-order chi connectivity index (χ1) is 9.51. The highest BCUT2D eigenvalue weighted by molar-refractivity contribution is 6.34. The molecule has 2 aromatic carbocycles. The highest BCUT2D eigenvalue weighted by Gasteiger charge is 2.11. The van der Waals surface area contributed by atoms with Crippen molar-refractivity contribution in [3.63, 3.8) is 0 Å². The number of benzene rings is 2. The summed E-state index contributed by atoms with van der Waals surface area (Å²) in [6, 6.07) is 10.8. The Bertz CT molecular complexity index is 656. The minimum Gasteiger partial charge on any atom is -0.324 e. The van der Waals surface area contributed by atoms with Gasteiger partial charge >= 0.3 is 0 Å². The summed E-state index contributed by atoms with van der Waals surface area (Å²) < 4.78 is 0. The first-order valence-corrected chi connectivity index (χ1v) is 6.54. The molecule has 2 aromatic rings. The maximum atomic E-state index is 12.3. The molecule has 0 saturated carbocycles. The number of nitrogen functional groups attached to an aromatic ring is 1. The Hall–Kier alpha value is -2.04. The van der Waals surface area contributed by atoms with Crippen LogP contribution in [0.5, 0.6) is 0 Å². The summed E-state index contributed by atoms with van der Waals surface area (Å²) in [5.41, 5.74) is 6.36. The van der Waals surface area contributed by atoms with Crippen LogP contribution >= 0.6 is 11.6 Å². The Morgan fingerprint density at radius 2 is 1.90 bits per heavy atom. The summed E-state index contributed by atoms with van der Waals surface area (Å²) in [6.07, 6.45) is 0. The highest BCUT2D eigenvalue weighted by Crippen LogP contribution is 2.24. The van der Waals surface area contributed by atoms with Crippen LogP contribution in [0.15, 0.2) is 36.4 Å². The molecule has 5 heteroatoms. The van der Waals surface area contributed by atoms with E-state index in [9.17, 15) is 4.79 Å². The van der Waals surface area contributed by atoms with Crippen LogP contribution in [0.3, 0.4) is 0 Å². The molecule has 4 N–H and O–H groups in total. The molecule has 0 aliphatic rings. The van der Waals surface area contributed by atoms with Crippen molar-refractivity contribution in [2.45, 2.75) is 13.8 Å². The molecule has 1 amide bonds. The molecule has 0 atom stereocenters. The van der Waals surface area contributed by atoms with Crippen LogP contribution in [-0.4, -0.2) is 5.91 Å². The van der Waals surface area contributed by atoms with Gasteiger partial charge in [0.25, 0.3) is 5.91 Å². The summed E-state index contributed by atoms with van der Waals surface area (Å²) >= 11 is 6.07. The van der Waals surface area contributed by atoms with Crippen molar-refractivity contribution < 1.29 is 4.79 Å². The summed E-state index contributed by atoms with van der Waals surface area (Å²) in [7, 11) is 0. The fraction of sp³-hybridized carbons (Fsp3) is 0.133. The van der Waals surface area contributed by atoms with Crippen molar-refractivity contribution in [2.75, 3.05) is 10.7 Å². The fourth-order valence-corrected chi connectivity index (χ4v) is 2.10. The van der Waals surface area contributed by atoms with Gasteiger partial charge < -0.3 is 10.7 Å². The molecule has 0 radical (unpaired) electrons. The predicted molar refractivity (Wildman–Crippen MR) is 83.1 cm³/mol. The number of nitrogens with two attached hydrogens (primary N) is 1. The average Bonchev–Trinajstić information content (AvgIpc) is 2.42. The summed E-state index contributed by atoms with van der Waals surface area (Å²) in [6.45, 7) is 3.80. The zero-order valence-electron chi connectivity index (χ0n) is 11.3. The quantitative estimate of drug-likeness (QED) is 0.598. The first kappa shape index (κ1) is 14.4. The predicted octanol–water partition coefficient (Wildman–Crippen LogP) is 3.49. The monoisotopic (exact) mass is 289 g/mol. The molecule has 2 rings (SSSR count). The topological polar surface area (TPSA) is 67.2 Å². The second-order valence-electron chi connectivity index (χ2n) is 4.61. The van der Waals surface area contributed by atoms with Crippen LogP contribution in [0.2, 0.25) is 5.02 Å². The maximum absolute atomic E-state index is 12.3. The number of carbonyl (C=O) groups excluding carboxylic acids is 1. The van der Waals surface area contributed by atoms with Gasteiger partial charge in [-0.05, 0) is 55.3 Å².